The Balaban J connectivity index is 1.32. The molecule has 5 rings (SSSR count). The number of pyridine rings is 1. The van der Waals surface area contributed by atoms with Crippen molar-refractivity contribution in [2.45, 2.75) is 24.5 Å². The van der Waals surface area contributed by atoms with Gasteiger partial charge < -0.3 is 14.8 Å². The average Bonchev–Trinajstić information content (AvgIpc) is 3.00. The maximum Gasteiger partial charge on any atom is 0.251 e. The number of carbonyl (C=O) groups excluding carboxylic acids is 1. The van der Waals surface area contributed by atoms with Crippen molar-refractivity contribution in [1.29, 1.82) is 0 Å². The van der Waals surface area contributed by atoms with Gasteiger partial charge in [-0.25, -0.2) is 9.37 Å². The number of imidazole rings is 1. The van der Waals surface area contributed by atoms with E-state index in [9.17, 15) is 14.3 Å². The number of benzene rings is 1. The monoisotopic (exact) mass is 419 g/mol. The predicted molar refractivity (Wildman–Crippen MR) is 103 cm³/mol. The van der Waals surface area contributed by atoms with Gasteiger partial charge in [-0.1, -0.05) is 23.2 Å². The molecule has 8 heteroatoms. The van der Waals surface area contributed by atoms with Gasteiger partial charge in [0, 0.05) is 28.4 Å². The third-order valence-corrected chi connectivity index (χ3v) is 6.31. The fraction of sp³-hybridized carbons (Fsp3) is 0.300. The zero-order valence-corrected chi connectivity index (χ0v) is 16.1. The van der Waals surface area contributed by atoms with Crippen LogP contribution in [0.15, 0.2) is 43.0 Å². The van der Waals surface area contributed by atoms with Crippen molar-refractivity contribution in [3.63, 3.8) is 0 Å². The number of nitrogens with zero attached hydrogens (tertiary/aromatic N) is 2. The lowest BCUT2D eigenvalue weighted by atomic mass is 9.88. The van der Waals surface area contributed by atoms with Gasteiger partial charge in [0.25, 0.3) is 5.91 Å². The number of amides is 1. The van der Waals surface area contributed by atoms with Gasteiger partial charge in [-0.2, -0.15) is 0 Å². The molecule has 2 fully saturated rings. The number of nitrogens with one attached hydrogen (secondary N) is 1. The highest BCUT2D eigenvalue weighted by molar-refractivity contribution is 6.31. The number of halogens is 3. The maximum atomic E-state index is 13.5. The lowest BCUT2D eigenvalue weighted by Gasteiger charge is -2.27. The molecule has 2 N–H and O–H groups in total. The van der Waals surface area contributed by atoms with Gasteiger partial charge >= 0.3 is 0 Å². The highest BCUT2D eigenvalue weighted by atomic mass is 35.5. The number of aromatic nitrogens is 2. The second-order valence-electron chi connectivity index (χ2n) is 7.68. The number of carbonyl (C=O) groups is 1. The molecule has 0 radical (unpaired) electrons. The van der Waals surface area contributed by atoms with E-state index in [-0.39, 0.29) is 34.4 Å². The van der Waals surface area contributed by atoms with Crippen LogP contribution in [-0.2, 0) is 5.60 Å². The van der Waals surface area contributed by atoms with Crippen molar-refractivity contribution in [3.8, 4) is 0 Å². The Kier molecular flexibility index (Phi) is 3.95. The fourth-order valence-corrected chi connectivity index (χ4v) is 5.03. The minimum absolute atomic E-state index is 0.0325. The first-order valence-corrected chi connectivity index (χ1v) is 9.71. The van der Waals surface area contributed by atoms with Crippen LogP contribution < -0.4 is 5.32 Å². The summed E-state index contributed by atoms with van der Waals surface area (Å²) in [6.07, 6.45) is 6.15. The number of hydrogen-bond acceptors (Lipinski definition) is 3. The molecule has 2 aromatic heterocycles. The number of hydrogen-bond donors (Lipinski definition) is 2. The van der Waals surface area contributed by atoms with Crippen molar-refractivity contribution in [2.75, 3.05) is 0 Å². The minimum atomic E-state index is -1.01. The molecule has 2 aliphatic rings. The lowest BCUT2D eigenvalue weighted by molar-refractivity contribution is 0.0289. The maximum absolute atomic E-state index is 13.5. The molecule has 3 aromatic rings. The molecule has 2 heterocycles. The molecule has 0 saturated heterocycles. The molecule has 0 bridgehead atoms. The quantitative estimate of drug-likeness (QED) is 0.678. The Hall–Kier alpha value is -2.15. The molecule has 0 spiro atoms. The summed E-state index contributed by atoms with van der Waals surface area (Å²) in [4.78, 5) is 16.6. The van der Waals surface area contributed by atoms with Crippen LogP contribution in [0.4, 0.5) is 4.39 Å². The largest absolute Gasteiger partial charge is 0.385 e. The predicted octanol–water partition coefficient (Wildman–Crippen LogP) is 3.81. The summed E-state index contributed by atoms with van der Waals surface area (Å²) in [7, 11) is 0. The molecular weight excluding hydrogens is 404 g/mol. The third-order valence-electron chi connectivity index (χ3n) is 5.89. The summed E-state index contributed by atoms with van der Waals surface area (Å²) in [6.45, 7) is 0. The molecule has 0 aliphatic heterocycles. The molecule has 2 saturated carbocycles. The molecule has 2 unspecified atom stereocenters. The Morgan fingerprint density at radius 2 is 1.96 bits per heavy atom. The van der Waals surface area contributed by atoms with Crippen molar-refractivity contribution in [2.24, 2.45) is 11.8 Å². The number of fused-ring (bicyclic) bond motifs is 2. The first kappa shape index (κ1) is 17.9. The van der Waals surface area contributed by atoms with E-state index in [1.165, 1.54) is 6.07 Å². The van der Waals surface area contributed by atoms with Crippen LogP contribution in [-0.4, -0.2) is 26.4 Å². The molecule has 28 heavy (non-hydrogen) atoms. The second kappa shape index (κ2) is 6.17. The SMILES string of the molecule is O=C(NC1[C@H]2CC(O)(c3cc(Cl)cn4cncc34)C[C@@H]12)c1cc(F)cc(Cl)c1. The van der Waals surface area contributed by atoms with E-state index in [1.807, 2.05) is 0 Å². The van der Waals surface area contributed by atoms with Crippen molar-refractivity contribution in [3.05, 3.63) is 70.0 Å². The Morgan fingerprint density at radius 1 is 1.21 bits per heavy atom. The van der Waals surface area contributed by atoms with Crippen LogP contribution in [0.3, 0.4) is 0 Å². The second-order valence-corrected chi connectivity index (χ2v) is 8.56. The minimum Gasteiger partial charge on any atom is -0.385 e. The summed E-state index contributed by atoms with van der Waals surface area (Å²) < 4.78 is 15.3. The molecule has 4 atom stereocenters. The number of rotatable bonds is 3. The van der Waals surface area contributed by atoms with E-state index in [0.29, 0.717) is 17.9 Å². The zero-order valence-electron chi connectivity index (χ0n) is 14.6. The van der Waals surface area contributed by atoms with Crippen molar-refractivity contribution in [1.82, 2.24) is 14.7 Å². The molecule has 144 valence electrons. The van der Waals surface area contributed by atoms with Crippen LogP contribution in [0.25, 0.3) is 5.52 Å². The zero-order chi connectivity index (χ0) is 19.6. The van der Waals surface area contributed by atoms with Crippen LogP contribution in [0.1, 0.15) is 28.8 Å². The van der Waals surface area contributed by atoms with Gasteiger partial charge in [-0.3, -0.25) is 4.79 Å². The molecule has 1 amide bonds. The van der Waals surface area contributed by atoms with E-state index < -0.39 is 11.4 Å². The number of aliphatic hydroxyl groups is 1. The standard InChI is InChI=1S/C20H16Cl2FN3O2/c21-11-1-10(2-13(23)3-11)19(27)25-18-14-5-20(28,6-15(14)18)16-4-12(22)8-26-9-24-7-17(16)26/h1-4,7-9,14-15,18,28H,5-6H2,(H,25,27)/t14-,15+,18?,20?. The van der Waals surface area contributed by atoms with Gasteiger partial charge in [0.05, 0.1) is 28.7 Å². The molecular formula is C20H16Cl2FN3O2. The van der Waals surface area contributed by atoms with Crippen LogP contribution in [0.2, 0.25) is 10.0 Å². The summed E-state index contributed by atoms with van der Waals surface area (Å²) in [5.41, 5.74) is 0.765. The third kappa shape index (κ3) is 2.87. The summed E-state index contributed by atoms with van der Waals surface area (Å²) in [5.74, 6) is -0.570. The van der Waals surface area contributed by atoms with E-state index in [0.717, 1.165) is 23.2 Å². The van der Waals surface area contributed by atoms with E-state index in [2.05, 4.69) is 10.3 Å². The smallest absolute Gasteiger partial charge is 0.251 e. The average molecular weight is 420 g/mol. The van der Waals surface area contributed by atoms with Crippen LogP contribution in [0, 0.1) is 17.7 Å². The highest BCUT2D eigenvalue weighted by Gasteiger charge is 2.62. The Bertz CT molecular complexity index is 1080. The lowest BCUT2D eigenvalue weighted by Crippen LogP contribution is -2.33. The fourth-order valence-electron chi connectivity index (χ4n) is 4.59. The van der Waals surface area contributed by atoms with Gasteiger partial charge in [0.15, 0.2) is 0 Å². The van der Waals surface area contributed by atoms with Crippen LogP contribution >= 0.6 is 23.2 Å². The van der Waals surface area contributed by atoms with Gasteiger partial charge in [0.1, 0.15) is 5.82 Å². The molecule has 1 aromatic carbocycles. The summed E-state index contributed by atoms with van der Waals surface area (Å²) in [6, 6.07) is 5.52. The first-order valence-electron chi connectivity index (χ1n) is 8.95. The van der Waals surface area contributed by atoms with Crippen LogP contribution in [0.5, 0.6) is 0 Å². The van der Waals surface area contributed by atoms with Gasteiger partial charge in [0.2, 0.25) is 0 Å². The van der Waals surface area contributed by atoms with Gasteiger partial charge in [-0.05, 0) is 48.9 Å². The molecule has 2 aliphatic carbocycles. The summed E-state index contributed by atoms with van der Waals surface area (Å²) >= 11 is 12.0. The van der Waals surface area contributed by atoms with Crippen molar-refractivity contribution >= 4 is 34.6 Å². The summed E-state index contributed by atoms with van der Waals surface area (Å²) in [5, 5.41) is 14.9. The normalized spacial score (nSPS) is 28.4. The highest BCUT2D eigenvalue weighted by Crippen LogP contribution is 2.60. The van der Waals surface area contributed by atoms with E-state index in [1.54, 1.807) is 29.2 Å². The molecule has 5 nitrogen and oxygen atoms in total. The van der Waals surface area contributed by atoms with Crippen molar-refractivity contribution < 1.29 is 14.3 Å². The first-order chi connectivity index (χ1) is 13.3. The Labute approximate surface area is 170 Å². The Morgan fingerprint density at radius 3 is 2.68 bits per heavy atom. The topological polar surface area (TPSA) is 66.6 Å². The van der Waals surface area contributed by atoms with E-state index in [4.69, 9.17) is 23.2 Å². The van der Waals surface area contributed by atoms with E-state index >= 15 is 0 Å². The van der Waals surface area contributed by atoms with Gasteiger partial charge in [-0.15, -0.1) is 0 Å².